The first-order valence-corrected chi connectivity index (χ1v) is 8.63. The SMILES string of the molecule is CC(C)(C)n1cc(C(=O)O)c(=O)c2cc(F)c(N3C[C@@H](CN)[C@H](F)C3)nc21. The molecule has 2 aromatic heterocycles. The largest absolute Gasteiger partial charge is 0.477 e. The third kappa shape index (κ3) is 3.27. The van der Waals surface area contributed by atoms with Crippen molar-refractivity contribution in [2.45, 2.75) is 32.5 Å². The van der Waals surface area contributed by atoms with Gasteiger partial charge in [0.05, 0.1) is 11.9 Å². The maximum atomic E-state index is 14.7. The summed E-state index contributed by atoms with van der Waals surface area (Å²) in [6.07, 6.45) is 0.0258. The van der Waals surface area contributed by atoms with E-state index in [9.17, 15) is 23.5 Å². The van der Waals surface area contributed by atoms with Crippen LogP contribution in [-0.2, 0) is 5.54 Å². The van der Waals surface area contributed by atoms with Crippen molar-refractivity contribution in [1.29, 1.82) is 0 Å². The zero-order valence-corrected chi connectivity index (χ0v) is 15.4. The van der Waals surface area contributed by atoms with Gasteiger partial charge in [0.25, 0.3) is 0 Å². The van der Waals surface area contributed by atoms with Crippen molar-refractivity contribution < 1.29 is 18.7 Å². The molecule has 0 unspecified atom stereocenters. The van der Waals surface area contributed by atoms with Crippen molar-refractivity contribution in [3.8, 4) is 0 Å². The fraction of sp³-hybridized carbons (Fsp3) is 0.500. The Morgan fingerprint density at radius 2 is 2.07 bits per heavy atom. The van der Waals surface area contributed by atoms with E-state index >= 15 is 0 Å². The number of alkyl halides is 1. The molecular formula is C18H22F2N4O3. The van der Waals surface area contributed by atoms with Crippen LogP contribution in [0.4, 0.5) is 14.6 Å². The highest BCUT2D eigenvalue weighted by molar-refractivity contribution is 5.92. The fourth-order valence-electron chi connectivity index (χ4n) is 3.33. The summed E-state index contributed by atoms with van der Waals surface area (Å²) in [7, 11) is 0. The average molecular weight is 380 g/mol. The average Bonchev–Trinajstić information content (AvgIpc) is 2.94. The van der Waals surface area contributed by atoms with E-state index in [-0.39, 0.29) is 36.5 Å². The van der Waals surface area contributed by atoms with Crippen molar-refractivity contribution in [3.05, 3.63) is 33.9 Å². The molecule has 0 amide bonds. The zero-order valence-electron chi connectivity index (χ0n) is 15.4. The first kappa shape index (κ1) is 19.2. The topological polar surface area (TPSA) is 101 Å². The van der Waals surface area contributed by atoms with Crippen molar-refractivity contribution in [2.24, 2.45) is 11.7 Å². The summed E-state index contributed by atoms with van der Waals surface area (Å²) in [6, 6.07) is 0.984. The highest BCUT2D eigenvalue weighted by Gasteiger charge is 2.34. The van der Waals surface area contributed by atoms with E-state index in [0.717, 1.165) is 6.07 Å². The minimum absolute atomic E-state index is 0.0374. The van der Waals surface area contributed by atoms with E-state index in [0.29, 0.717) is 0 Å². The van der Waals surface area contributed by atoms with Gasteiger partial charge in [-0.2, -0.15) is 0 Å². The first-order valence-electron chi connectivity index (χ1n) is 8.63. The Kier molecular flexibility index (Phi) is 4.67. The smallest absolute Gasteiger partial charge is 0.341 e. The molecule has 1 saturated heterocycles. The number of carboxylic acid groups (broad SMARTS) is 1. The van der Waals surface area contributed by atoms with Crippen molar-refractivity contribution in [2.75, 3.05) is 24.5 Å². The standard InChI is InChI=1S/C18H22F2N4O3/c1-18(2,3)24-7-11(17(26)27)14(25)10-4-12(19)16(22-15(10)24)23-6-9(5-21)13(20)8-23/h4,7,9,13H,5-6,8,21H2,1-3H3,(H,26,27)/t9-,13-/m1/s1. The number of hydrogen-bond acceptors (Lipinski definition) is 5. The molecule has 9 heteroatoms. The van der Waals surface area contributed by atoms with Gasteiger partial charge in [-0.25, -0.2) is 18.6 Å². The maximum Gasteiger partial charge on any atom is 0.341 e. The Morgan fingerprint density at radius 1 is 1.41 bits per heavy atom. The Labute approximate surface area is 154 Å². The van der Waals surface area contributed by atoms with E-state index in [2.05, 4.69) is 4.98 Å². The summed E-state index contributed by atoms with van der Waals surface area (Å²) < 4.78 is 30.3. The molecule has 0 radical (unpaired) electrons. The van der Waals surface area contributed by atoms with Gasteiger partial charge in [0.1, 0.15) is 17.4 Å². The Balaban J connectivity index is 2.26. The van der Waals surface area contributed by atoms with E-state index in [1.54, 1.807) is 0 Å². The maximum absolute atomic E-state index is 14.7. The van der Waals surface area contributed by atoms with E-state index in [4.69, 9.17) is 5.73 Å². The quantitative estimate of drug-likeness (QED) is 0.841. The molecule has 1 aliphatic rings. The van der Waals surface area contributed by atoms with Crippen LogP contribution in [0.3, 0.4) is 0 Å². The van der Waals surface area contributed by atoms with Gasteiger partial charge < -0.3 is 20.3 Å². The second kappa shape index (κ2) is 6.56. The molecule has 0 bridgehead atoms. The van der Waals surface area contributed by atoms with Gasteiger partial charge in [-0.1, -0.05) is 0 Å². The number of fused-ring (bicyclic) bond motifs is 1. The van der Waals surface area contributed by atoms with Gasteiger partial charge in [-0.15, -0.1) is 0 Å². The summed E-state index contributed by atoms with van der Waals surface area (Å²) in [6.45, 7) is 5.76. The van der Waals surface area contributed by atoms with Crippen LogP contribution in [0.15, 0.2) is 17.1 Å². The summed E-state index contributed by atoms with van der Waals surface area (Å²) in [5.74, 6) is -2.68. The van der Waals surface area contributed by atoms with Crippen molar-refractivity contribution >= 4 is 22.8 Å². The lowest BCUT2D eigenvalue weighted by atomic mass is 10.1. The number of hydrogen-bond donors (Lipinski definition) is 2. The molecule has 146 valence electrons. The molecule has 2 aromatic rings. The lowest BCUT2D eigenvalue weighted by Crippen LogP contribution is -2.30. The monoisotopic (exact) mass is 380 g/mol. The molecule has 3 rings (SSSR count). The van der Waals surface area contributed by atoms with Gasteiger partial charge in [0.2, 0.25) is 5.43 Å². The minimum atomic E-state index is -1.39. The number of anilines is 1. The minimum Gasteiger partial charge on any atom is -0.477 e. The first-order chi connectivity index (χ1) is 12.5. The lowest BCUT2D eigenvalue weighted by molar-refractivity contribution is 0.0694. The lowest BCUT2D eigenvalue weighted by Gasteiger charge is -2.26. The molecule has 1 aliphatic heterocycles. The highest BCUT2D eigenvalue weighted by Crippen LogP contribution is 2.29. The van der Waals surface area contributed by atoms with Crippen LogP contribution >= 0.6 is 0 Å². The van der Waals surface area contributed by atoms with Crippen LogP contribution in [0.25, 0.3) is 11.0 Å². The van der Waals surface area contributed by atoms with E-state index in [1.807, 2.05) is 20.8 Å². The van der Waals surface area contributed by atoms with Gasteiger partial charge in [0, 0.05) is 24.2 Å². The van der Waals surface area contributed by atoms with Crippen molar-refractivity contribution in [1.82, 2.24) is 9.55 Å². The van der Waals surface area contributed by atoms with E-state index in [1.165, 1.54) is 15.7 Å². The van der Waals surface area contributed by atoms with Crippen LogP contribution < -0.4 is 16.1 Å². The number of aromatic carboxylic acids is 1. The molecule has 3 heterocycles. The van der Waals surface area contributed by atoms with Gasteiger partial charge in [0.15, 0.2) is 11.6 Å². The number of carboxylic acids is 1. The van der Waals surface area contributed by atoms with Crippen LogP contribution in [0.5, 0.6) is 0 Å². The number of aromatic nitrogens is 2. The van der Waals surface area contributed by atoms with Crippen LogP contribution in [0.1, 0.15) is 31.1 Å². The summed E-state index contributed by atoms with van der Waals surface area (Å²) >= 11 is 0. The Hall–Kier alpha value is -2.55. The fourth-order valence-corrected chi connectivity index (χ4v) is 3.33. The summed E-state index contributed by atoms with van der Waals surface area (Å²) in [5, 5.41) is 9.18. The highest BCUT2D eigenvalue weighted by atomic mass is 19.1. The molecule has 27 heavy (non-hydrogen) atoms. The second-order valence-electron chi connectivity index (χ2n) is 7.80. The number of nitrogens with two attached hydrogens (primary N) is 1. The van der Waals surface area contributed by atoms with Gasteiger partial charge in [-0.3, -0.25) is 4.79 Å². The van der Waals surface area contributed by atoms with Gasteiger partial charge in [-0.05, 0) is 33.4 Å². The molecule has 1 fully saturated rings. The number of halogens is 2. The molecule has 0 saturated carbocycles. The second-order valence-corrected chi connectivity index (χ2v) is 7.80. The zero-order chi connectivity index (χ0) is 20.1. The predicted molar refractivity (Wildman–Crippen MR) is 97.6 cm³/mol. The molecular weight excluding hydrogens is 358 g/mol. The molecule has 0 aromatic carbocycles. The number of pyridine rings is 2. The third-order valence-electron chi connectivity index (χ3n) is 4.83. The third-order valence-corrected chi connectivity index (χ3v) is 4.83. The number of rotatable bonds is 3. The van der Waals surface area contributed by atoms with Crippen LogP contribution in [0.2, 0.25) is 0 Å². The Bertz CT molecular complexity index is 968. The molecule has 0 spiro atoms. The predicted octanol–water partition coefficient (Wildman–Crippen LogP) is 1.72. The van der Waals surface area contributed by atoms with Gasteiger partial charge >= 0.3 is 5.97 Å². The van der Waals surface area contributed by atoms with Crippen molar-refractivity contribution in [3.63, 3.8) is 0 Å². The van der Waals surface area contributed by atoms with Crippen LogP contribution in [-0.4, -0.2) is 46.4 Å². The molecule has 0 aliphatic carbocycles. The molecule has 2 atom stereocenters. The van der Waals surface area contributed by atoms with Crippen LogP contribution in [0, 0.1) is 11.7 Å². The Morgan fingerprint density at radius 3 is 2.59 bits per heavy atom. The molecule has 3 N–H and O–H groups in total. The molecule has 7 nitrogen and oxygen atoms in total. The van der Waals surface area contributed by atoms with E-state index < -0.39 is 40.4 Å². The summed E-state index contributed by atoms with van der Waals surface area (Å²) in [4.78, 5) is 29.7. The summed E-state index contributed by atoms with van der Waals surface area (Å²) in [5.41, 5.74) is 3.83. The normalized spacial score (nSPS) is 20.4. The number of nitrogens with zero attached hydrogens (tertiary/aromatic N) is 3. The number of carbonyl (C=O) groups is 1.